The molecule has 114 valence electrons. The Labute approximate surface area is 123 Å². The molecule has 0 aromatic heterocycles. The van der Waals surface area contributed by atoms with Gasteiger partial charge in [-0.15, -0.1) is 0 Å². The first kappa shape index (κ1) is 15.5. The predicted octanol–water partition coefficient (Wildman–Crippen LogP) is 2.33. The van der Waals surface area contributed by atoms with E-state index < -0.39 is 11.9 Å². The first-order valence-electron chi connectivity index (χ1n) is 7.23. The summed E-state index contributed by atoms with van der Waals surface area (Å²) in [5.41, 5.74) is 0.780. The molecule has 1 aromatic rings. The molecule has 1 unspecified atom stereocenters. The number of carboxylic acids is 1. The highest BCUT2D eigenvalue weighted by Gasteiger charge is 2.30. The number of benzene rings is 1. The van der Waals surface area contributed by atoms with E-state index in [1.807, 2.05) is 0 Å². The van der Waals surface area contributed by atoms with E-state index in [1.165, 1.54) is 12.1 Å². The molecule has 1 fully saturated rings. The lowest BCUT2D eigenvalue weighted by Gasteiger charge is -2.32. The average molecular weight is 293 g/mol. The van der Waals surface area contributed by atoms with Crippen molar-refractivity contribution in [2.24, 2.45) is 11.8 Å². The Morgan fingerprint density at radius 1 is 1.48 bits per heavy atom. The molecule has 0 spiro atoms. The lowest BCUT2D eigenvalue weighted by molar-refractivity contribution is -0.146. The van der Waals surface area contributed by atoms with Crippen molar-refractivity contribution in [1.29, 1.82) is 0 Å². The third kappa shape index (κ3) is 4.03. The molecule has 0 aliphatic carbocycles. The van der Waals surface area contributed by atoms with Crippen molar-refractivity contribution in [1.82, 2.24) is 4.90 Å². The van der Waals surface area contributed by atoms with Crippen LogP contribution in [0.3, 0.4) is 0 Å². The zero-order valence-corrected chi connectivity index (χ0v) is 12.1. The lowest BCUT2D eigenvalue weighted by Crippen LogP contribution is -2.44. The fourth-order valence-electron chi connectivity index (χ4n) is 2.80. The van der Waals surface area contributed by atoms with Crippen molar-refractivity contribution < 1.29 is 19.1 Å². The molecule has 1 aromatic carbocycles. The van der Waals surface area contributed by atoms with Gasteiger partial charge in [-0.25, -0.2) is 4.39 Å². The number of likely N-dealkylation sites (tertiary alicyclic amines) is 1. The molecule has 0 bridgehead atoms. The Kier molecular flexibility index (Phi) is 4.94. The maximum Gasteiger partial charge on any atom is 0.308 e. The quantitative estimate of drug-likeness (QED) is 0.927. The number of hydrogen-bond acceptors (Lipinski definition) is 2. The highest BCUT2D eigenvalue weighted by Crippen LogP contribution is 2.20. The van der Waals surface area contributed by atoms with Gasteiger partial charge in [0.2, 0.25) is 5.91 Å². The number of nitrogens with zero attached hydrogens (tertiary/aromatic N) is 1. The van der Waals surface area contributed by atoms with E-state index in [1.54, 1.807) is 24.0 Å². The first-order chi connectivity index (χ1) is 9.97. The van der Waals surface area contributed by atoms with Gasteiger partial charge in [0.15, 0.2) is 0 Å². The van der Waals surface area contributed by atoms with Crippen molar-refractivity contribution in [2.45, 2.75) is 26.2 Å². The van der Waals surface area contributed by atoms with Crippen LogP contribution >= 0.6 is 0 Å². The van der Waals surface area contributed by atoms with Crippen molar-refractivity contribution in [3.63, 3.8) is 0 Å². The number of aliphatic carboxylic acids is 1. The maximum atomic E-state index is 13.2. The van der Waals surface area contributed by atoms with Gasteiger partial charge in [0, 0.05) is 19.0 Å². The zero-order valence-electron chi connectivity index (χ0n) is 12.1. The fourth-order valence-corrected chi connectivity index (χ4v) is 2.80. The summed E-state index contributed by atoms with van der Waals surface area (Å²) >= 11 is 0. The van der Waals surface area contributed by atoms with Crippen LogP contribution in [0.2, 0.25) is 0 Å². The maximum absolute atomic E-state index is 13.2. The fraction of sp³-hybridized carbons (Fsp3) is 0.500. The van der Waals surface area contributed by atoms with Crippen LogP contribution in [-0.2, 0) is 16.0 Å². The first-order valence-corrected chi connectivity index (χ1v) is 7.23. The molecule has 1 N–H and O–H groups in total. The second-order valence-corrected chi connectivity index (χ2v) is 5.70. The normalized spacial score (nSPS) is 20.1. The Morgan fingerprint density at radius 2 is 2.24 bits per heavy atom. The smallest absolute Gasteiger partial charge is 0.308 e. The summed E-state index contributed by atoms with van der Waals surface area (Å²) in [6.07, 6.45) is 1.80. The van der Waals surface area contributed by atoms with Gasteiger partial charge < -0.3 is 10.0 Å². The standard InChI is InChI=1S/C16H20FNO3/c1-11(8-12-4-2-6-14(17)9-12)15(19)18-7-3-5-13(10-18)16(20)21/h2,4,6,9,11,13H,3,5,7-8,10H2,1H3,(H,20,21)/t11?,13-/m0/s1. The second kappa shape index (κ2) is 6.70. The second-order valence-electron chi connectivity index (χ2n) is 5.70. The average Bonchev–Trinajstić information content (AvgIpc) is 2.46. The van der Waals surface area contributed by atoms with Crippen LogP contribution in [0, 0.1) is 17.7 Å². The van der Waals surface area contributed by atoms with Gasteiger partial charge in [-0.1, -0.05) is 19.1 Å². The molecule has 1 aliphatic rings. The van der Waals surface area contributed by atoms with Crippen LogP contribution < -0.4 is 0 Å². The summed E-state index contributed by atoms with van der Waals surface area (Å²) in [4.78, 5) is 25.1. The summed E-state index contributed by atoms with van der Waals surface area (Å²) < 4.78 is 13.2. The van der Waals surface area contributed by atoms with Crippen LogP contribution in [0.15, 0.2) is 24.3 Å². The number of carbonyl (C=O) groups is 2. The third-order valence-electron chi connectivity index (χ3n) is 3.93. The van der Waals surface area contributed by atoms with Crippen LogP contribution in [0.4, 0.5) is 4.39 Å². The molecule has 2 atom stereocenters. The third-order valence-corrected chi connectivity index (χ3v) is 3.93. The van der Waals surface area contributed by atoms with E-state index in [-0.39, 0.29) is 24.2 Å². The monoisotopic (exact) mass is 293 g/mol. The van der Waals surface area contributed by atoms with Gasteiger partial charge >= 0.3 is 5.97 Å². The molecule has 1 heterocycles. The molecule has 0 radical (unpaired) electrons. The van der Waals surface area contributed by atoms with Crippen molar-refractivity contribution >= 4 is 11.9 Å². The van der Waals surface area contributed by atoms with Crippen LogP contribution in [0.5, 0.6) is 0 Å². The van der Waals surface area contributed by atoms with Gasteiger partial charge in [-0.2, -0.15) is 0 Å². The molecule has 2 rings (SSSR count). The minimum absolute atomic E-state index is 0.0507. The summed E-state index contributed by atoms with van der Waals surface area (Å²) in [7, 11) is 0. The number of piperidine rings is 1. The summed E-state index contributed by atoms with van der Waals surface area (Å²) in [6, 6.07) is 6.23. The predicted molar refractivity (Wildman–Crippen MR) is 76.2 cm³/mol. The molecule has 1 amide bonds. The highest BCUT2D eigenvalue weighted by molar-refractivity contribution is 5.80. The molecular weight excluding hydrogens is 273 g/mol. The number of amides is 1. The number of carbonyl (C=O) groups excluding carboxylic acids is 1. The number of carboxylic acid groups (broad SMARTS) is 1. The van der Waals surface area contributed by atoms with E-state index in [9.17, 15) is 14.0 Å². The van der Waals surface area contributed by atoms with E-state index in [0.29, 0.717) is 19.4 Å². The molecule has 1 aliphatic heterocycles. The van der Waals surface area contributed by atoms with E-state index in [2.05, 4.69) is 0 Å². The SMILES string of the molecule is CC(Cc1cccc(F)c1)C(=O)N1CCC[C@H](C(=O)O)C1. The molecular formula is C16H20FNO3. The van der Waals surface area contributed by atoms with Crippen LogP contribution in [-0.4, -0.2) is 35.0 Å². The Hall–Kier alpha value is -1.91. The van der Waals surface area contributed by atoms with Crippen LogP contribution in [0.1, 0.15) is 25.3 Å². The zero-order chi connectivity index (χ0) is 15.4. The number of rotatable bonds is 4. The molecule has 5 heteroatoms. The van der Waals surface area contributed by atoms with Crippen LogP contribution in [0.25, 0.3) is 0 Å². The minimum atomic E-state index is -0.842. The van der Waals surface area contributed by atoms with Gasteiger partial charge in [0.1, 0.15) is 5.82 Å². The van der Waals surface area contributed by atoms with Gasteiger partial charge in [-0.05, 0) is 37.0 Å². The van der Waals surface area contributed by atoms with E-state index >= 15 is 0 Å². The van der Waals surface area contributed by atoms with Crippen molar-refractivity contribution in [3.8, 4) is 0 Å². The largest absolute Gasteiger partial charge is 0.481 e. The molecule has 0 saturated carbocycles. The van der Waals surface area contributed by atoms with Crippen molar-refractivity contribution in [2.75, 3.05) is 13.1 Å². The molecule has 4 nitrogen and oxygen atoms in total. The topological polar surface area (TPSA) is 57.6 Å². The Morgan fingerprint density at radius 3 is 2.90 bits per heavy atom. The van der Waals surface area contributed by atoms with E-state index in [4.69, 9.17) is 5.11 Å². The van der Waals surface area contributed by atoms with Gasteiger partial charge in [-0.3, -0.25) is 9.59 Å². The number of hydrogen-bond donors (Lipinski definition) is 1. The van der Waals surface area contributed by atoms with Gasteiger partial charge in [0.25, 0.3) is 0 Å². The Balaban J connectivity index is 1.97. The lowest BCUT2D eigenvalue weighted by atomic mass is 9.95. The summed E-state index contributed by atoms with van der Waals surface area (Å²) in [6.45, 7) is 2.69. The summed E-state index contributed by atoms with van der Waals surface area (Å²) in [5, 5.41) is 9.06. The summed E-state index contributed by atoms with van der Waals surface area (Å²) in [5.74, 6) is -1.95. The number of halogens is 1. The minimum Gasteiger partial charge on any atom is -0.481 e. The van der Waals surface area contributed by atoms with E-state index in [0.717, 1.165) is 12.0 Å². The molecule has 1 saturated heterocycles. The Bertz CT molecular complexity index is 532. The van der Waals surface area contributed by atoms with Crippen molar-refractivity contribution in [3.05, 3.63) is 35.6 Å². The van der Waals surface area contributed by atoms with Gasteiger partial charge in [0.05, 0.1) is 5.92 Å². The molecule has 21 heavy (non-hydrogen) atoms. The highest BCUT2D eigenvalue weighted by atomic mass is 19.1.